The van der Waals surface area contributed by atoms with Crippen molar-refractivity contribution in [3.05, 3.63) is 95.4 Å². The molecule has 3 heterocycles. The summed E-state index contributed by atoms with van der Waals surface area (Å²) in [5.41, 5.74) is 4.58. The molecule has 0 aliphatic carbocycles. The molecule has 1 atom stereocenters. The topological polar surface area (TPSA) is 110 Å². The first-order chi connectivity index (χ1) is 22.9. The van der Waals surface area contributed by atoms with Gasteiger partial charge >= 0.3 is 5.97 Å². The van der Waals surface area contributed by atoms with Crippen LogP contribution in [0.3, 0.4) is 0 Å². The fraction of sp³-hybridized carbons (Fsp3) is 0.410. The fourth-order valence-corrected chi connectivity index (χ4v) is 6.39. The third kappa shape index (κ3) is 7.67. The van der Waals surface area contributed by atoms with Crippen LogP contribution in [0.1, 0.15) is 81.9 Å². The highest BCUT2D eigenvalue weighted by atomic mass is 16.6. The van der Waals surface area contributed by atoms with Crippen LogP contribution in [0, 0.1) is 0 Å². The molecule has 48 heavy (non-hydrogen) atoms. The van der Waals surface area contributed by atoms with Crippen molar-refractivity contribution in [2.75, 3.05) is 26.3 Å². The summed E-state index contributed by atoms with van der Waals surface area (Å²) in [5.74, 6) is 0.717. The van der Waals surface area contributed by atoms with Crippen molar-refractivity contribution in [3.8, 4) is 11.5 Å². The smallest absolute Gasteiger partial charge is 0.306 e. The van der Waals surface area contributed by atoms with Crippen LogP contribution in [-0.4, -0.2) is 59.4 Å². The van der Waals surface area contributed by atoms with Crippen LogP contribution in [0.2, 0.25) is 0 Å². The monoisotopic (exact) mass is 653 g/mol. The predicted molar refractivity (Wildman–Crippen MR) is 187 cm³/mol. The molecule has 2 aromatic carbocycles. The van der Waals surface area contributed by atoms with E-state index in [1.165, 1.54) is 5.56 Å². The highest BCUT2D eigenvalue weighted by Crippen LogP contribution is 2.46. The van der Waals surface area contributed by atoms with E-state index in [1.54, 1.807) is 12.1 Å². The summed E-state index contributed by atoms with van der Waals surface area (Å²) in [4.78, 5) is 43.9. The van der Waals surface area contributed by atoms with Crippen LogP contribution < -0.4 is 14.8 Å². The van der Waals surface area contributed by atoms with Gasteiger partial charge in [-0.25, -0.2) is 0 Å². The van der Waals surface area contributed by atoms with Crippen LogP contribution in [-0.2, 0) is 26.3 Å². The number of para-hydroxylation sites is 1. The van der Waals surface area contributed by atoms with Crippen LogP contribution in [0.15, 0.2) is 78.5 Å². The van der Waals surface area contributed by atoms with Crippen molar-refractivity contribution in [1.29, 1.82) is 0 Å². The zero-order chi connectivity index (χ0) is 34.5. The number of carbonyl (C=O) groups is 3. The Bertz CT molecular complexity index is 1760. The van der Waals surface area contributed by atoms with E-state index in [2.05, 4.69) is 35.6 Å². The number of allylic oxidation sites excluding steroid dienone is 2. The molecule has 0 fully saturated rings. The van der Waals surface area contributed by atoms with E-state index in [0.717, 1.165) is 54.4 Å². The number of Topliss-reactive ketones (excluding diaryl/α,β-unsaturated/α-hetero) is 1. The third-order valence-corrected chi connectivity index (χ3v) is 8.90. The molecule has 0 saturated heterocycles. The van der Waals surface area contributed by atoms with Crippen molar-refractivity contribution in [2.24, 2.45) is 0 Å². The molecular formula is C39H47N3O6. The minimum atomic E-state index is -0.470. The molecule has 0 bridgehead atoms. The van der Waals surface area contributed by atoms with Gasteiger partial charge < -0.3 is 29.4 Å². The summed E-state index contributed by atoms with van der Waals surface area (Å²) in [7, 11) is 0. The molecule has 0 radical (unpaired) electrons. The van der Waals surface area contributed by atoms with Gasteiger partial charge in [0, 0.05) is 47.9 Å². The van der Waals surface area contributed by atoms with Crippen LogP contribution >= 0.6 is 0 Å². The van der Waals surface area contributed by atoms with Crippen molar-refractivity contribution in [1.82, 2.24) is 15.2 Å². The molecule has 2 N–H and O–H groups in total. The quantitative estimate of drug-likeness (QED) is 0.0841. The SMILES string of the molecule is C=CCOc1ccccc1C(=O)C1=CN2CCc3c([nH]c4ccc(OCC(=O)NCCCCCC(=O)OC(C)(C)C)cc34)C2(C)C(C)=C1. The maximum absolute atomic E-state index is 13.7. The van der Waals surface area contributed by atoms with Gasteiger partial charge in [-0.2, -0.15) is 0 Å². The van der Waals surface area contributed by atoms with E-state index in [0.29, 0.717) is 42.2 Å². The van der Waals surface area contributed by atoms with Gasteiger partial charge in [0.1, 0.15) is 23.7 Å². The Kier molecular flexibility index (Phi) is 10.5. The maximum atomic E-state index is 13.7. The van der Waals surface area contributed by atoms with Gasteiger partial charge in [0.2, 0.25) is 0 Å². The van der Waals surface area contributed by atoms with E-state index < -0.39 is 11.1 Å². The number of ketones is 1. The predicted octanol–water partition coefficient (Wildman–Crippen LogP) is 6.93. The van der Waals surface area contributed by atoms with Gasteiger partial charge in [0.05, 0.1) is 11.1 Å². The Hall–Kier alpha value is -4.79. The third-order valence-electron chi connectivity index (χ3n) is 8.90. The lowest BCUT2D eigenvalue weighted by Gasteiger charge is -2.47. The van der Waals surface area contributed by atoms with Gasteiger partial charge in [-0.15, -0.1) is 0 Å². The zero-order valence-electron chi connectivity index (χ0n) is 28.7. The van der Waals surface area contributed by atoms with Crippen LogP contribution in [0.5, 0.6) is 11.5 Å². The van der Waals surface area contributed by atoms with Crippen LogP contribution in [0.25, 0.3) is 10.9 Å². The molecule has 1 amide bonds. The molecule has 2 aliphatic heterocycles. The second-order valence-corrected chi connectivity index (χ2v) is 13.6. The standard InChI is InChI=1S/C39H47N3O6/c1-7-21-46-33-14-11-10-13-30(33)36(45)27-22-26(2)39(6)37-29(18-20-42(39)24-27)31-23-28(16-17-32(31)41-37)47-25-34(43)40-19-12-8-9-15-35(44)48-38(3,4)5/h7,10-11,13-14,16-17,22-24,41H,1,8-9,12,15,18-21,25H2,2-6H3,(H,40,43). The molecule has 5 rings (SSSR count). The Morgan fingerprint density at radius 1 is 1.08 bits per heavy atom. The molecule has 3 aromatic rings. The average molecular weight is 654 g/mol. The van der Waals surface area contributed by atoms with E-state index in [-0.39, 0.29) is 24.3 Å². The Morgan fingerprint density at radius 3 is 2.65 bits per heavy atom. The molecule has 2 aliphatic rings. The summed E-state index contributed by atoms with van der Waals surface area (Å²) >= 11 is 0. The Balaban J connectivity index is 1.20. The van der Waals surface area contributed by atoms with E-state index in [9.17, 15) is 14.4 Å². The number of esters is 1. The lowest BCUT2D eigenvalue weighted by atomic mass is 9.78. The average Bonchev–Trinajstić information content (AvgIpc) is 3.43. The number of H-pyrrole nitrogens is 1. The molecule has 1 unspecified atom stereocenters. The van der Waals surface area contributed by atoms with Crippen molar-refractivity contribution < 1.29 is 28.6 Å². The number of amides is 1. The first kappa shape index (κ1) is 34.5. The first-order valence-electron chi connectivity index (χ1n) is 16.7. The maximum Gasteiger partial charge on any atom is 0.306 e. The number of benzene rings is 2. The van der Waals surface area contributed by atoms with Gasteiger partial charge in [-0.05, 0) is 101 Å². The molecule has 0 spiro atoms. The summed E-state index contributed by atoms with van der Waals surface area (Å²) in [6.45, 7) is 15.1. The molecule has 9 heteroatoms. The number of carbonyl (C=O) groups excluding carboxylic acids is 3. The fourth-order valence-electron chi connectivity index (χ4n) is 6.39. The summed E-state index contributed by atoms with van der Waals surface area (Å²) < 4.78 is 17.0. The van der Waals surface area contributed by atoms with E-state index >= 15 is 0 Å². The van der Waals surface area contributed by atoms with Crippen molar-refractivity contribution >= 4 is 28.6 Å². The lowest BCUT2D eigenvalue weighted by molar-refractivity contribution is -0.154. The molecule has 1 aromatic heterocycles. The number of unbranched alkanes of at least 4 members (excludes halogenated alkanes) is 2. The normalized spacial score (nSPS) is 17.1. The van der Waals surface area contributed by atoms with Crippen molar-refractivity contribution in [3.63, 3.8) is 0 Å². The number of hydrogen-bond acceptors (Lipinski definition) is 7. The minimum absolute atomic E-state index is 0.0767. The largest absolute Gasteiger partial charge is 0.489 e. The molecular weight excluding hydrogens is 606 g/mol. The van der Waals surface area contributed by atoms with Crippen LogP contribution in [0.4, 0.5) is 0 Å². The summed E-state index contributed by atoms with van der Waals surface area (Å²) in [6.07, 6.45) is 9.12. The number of fused-ring (bicyclic) bond motifs is 5. The Morgan fingerprint density at radius 2 is 1.88 bits per heavy atom. The number of aromatic amines is 1. The number of nitrogens with one attached hydrogen (secondary N) is 2. The van der Waals surface area contributed by atoms with Crippen molar-refractivity contribution in [2.45, 2.75) is 77.9 Å². The highest BCUT2D eigenvalue weighted by Gasteiger charge is 2.43. The van der Waals surface area contributed by atoms with Gasteiger partial charge in [-0.1, -0.05) is 31.2 Å². The number of rotatable bonds is 14. The second kappa shape index (κ2) is 14.5. The minimum Gasteiger partial charge on any atom is -0.489 e. The number of aromatic nitrogens is 1. The summed E-state index contributed by atoms with van der Waals surface area (Å²) in [6, 6.07) is 13.2. The number of hydrogen-bond donors (Lipinski definition) is 2. The van der Waals surface area contributed by atoms with E-state index in [1.807, 2.05) is 69.4 Å². The zero-order valence-corrected chi connectivity index (χ0v) is 28.7. The molecule has 9 nitrogen and oxygen atoms in total. The van der Waals surface area contributed by atoms with Gasteiger partial charge in [0.25, 0.3) is 5.91 Å². The lowest BCUT2D eigenvalue weighted by Crippen LogP contribution is -2.48. The van der Waals surface area contributed by atoms with E-state index in [4.69, 9.17) is 14.2 Å². The second-order valence-electron chi connectivity index (χ2n) is 13.6. The molecule has 254 valence electrons. The Labute approximate surface area is 283 Å². The molecule has 0 saturated carbocycles. The van der Waals surface area contributed by atoms with Gasteiger partial charge in [0.15, 0.2) is 12.4 Å². The number of ether oxygens (including phenoxy) is 3. The highest BCUT2D eigenvalue weighted by molar-refractivity contribution is 6.12. The number of nitrogens with zero attached hydrogens (tertiary/aromatic N) is 1. The van der Waals surface area contributed by atoms with Gasteiger partial charge in [-0.3, -0.25) is 14.4 Å². The summed E-state index contributed by atoms with van der Waals surface area (Å²) in [5, 5.41) is 3.97. The first-order valence-corrected chi connectivity index (χ1v) is 16.7.